The standard InChI is InChI=1S/C21H32N4O/c1-17(2)21-14-19(22-23-21)15-24-11-12-25(20(16-24)9-13-26)10-8-18-6-4-3-5-7-18/h3-7,14,17,20,26H,8-13,15-16H2,1-2H3,(H,22,23). The average molecular weight is 357 g/mol. The van der Waals surface area contributed by atoms with Crippen molar-refractivity contribution in [3.8, 4) is 0 Å². The minimum atomic E-state index is 0.252. The number of aromatic amines is 1. The first-order chi connectivity index (χ1) is 12.7. The lowest BCUT2D eigenvalue weighted by molar-refractivity contribution is 0.0556. The second-order valence-electron chi connectivity index (χ2n) is 7.65. The molecule has 1 aliphatic rings. The third-order valence-electron chi connectivity index (χ3n) is 5.32. The van der Waals surface area contributed by atoms with E-state index in [-0.39, 0.29) is 6.61 Å². The summed E-state index contributed by atoms with van der Waals surface area (Å²) in [6, 6.07) is 13.3. The molecule has 1 aliphatic heterocycles. The zero-order valence-corrected chi connectivity index (χ0v) is 16.1. The lowest BCUT2D eigenvalue weighted by Gasteiger charge is -2.41. The molecule has 1 saturated heterocycles. The summed E-state index contributed by atoms with van der Waals surface area (Å²) in [7, 11) is 0. The fourth-order valence-electron chi connectivity index (χ4n) is 3.73. The molecule has 2 aromatic rings. The van der Waals surface area contributed by atoms with Gasteiger partial charge in [-0.05, 0) is 30.4 Å². The Morgan fingerprint density at radius 1 is 1.23 bits per heavy atom. The van der Waals surface area contributed by atoms with Crippen LogP contribution in [0, 0.1) is 0 Å². The van der Waals surface area contributed by atoms with Crippen LogP contribution in [-0.2, 0) is 13.0 Å². The molecule has 1 aromatic heterocycles. The lowest BCUT2D eigenvalue weighted by atomic mass is 10.1. The highest BCUT2D eigenvalue weighted by molar-refractivity contribution is 5.15. The van der Waals surface area contributed by atoms with E-state index in [1.54, 1.807) is 0 Å². The van der Waals surface area contributed by atoms with Gasteiger partial charge in [0.25, 0.3) is 0 Å². The average Bonchev–Trinajstić information content (AvgIpc) is 3.11. The molecule has 2 heterocycles. The van der Waals surface area contributed by atoms with E-state index in [9.17, 15) is 5.11 Å². The van der Waals surface area contributed by atoms with Gasteiger partial charge in [-0.1, -0.05) is 44.2 Å². The Hall–Kier alpha value is -1.69. The number of nitrogens with zero attached hydrogens (tertiary/aromatic N) is 3. The van der Waals surface area contributed by atoms with Gasteiger partial charge in [0.15, 0.2) is 0 Å². The Balaban J connectivity index is 1.54. The molecule has 142 valence electrons. The van der Waals surface area contributed by atoms with Crippen molar-refractivity contribution in [2.75, 3.05) is 32.8 Å². The maximum absolute atomic E-state index is 9.50. The largest absolute Gasteiger partial charge is 0.396 e. The van der Waals surface area contributed by atoms with Crippen molar-refractivity contribution in [2.24, 2.45) is 0 Å². The van der Waals surface area contributed by atoms with E-state index in [0.717, 1.165) is 51.3 Å². The molecule has 0 bridgehead atoms. The van der Waals surface area contributed by atoms with Crippen molar-refractivity contribution in [1.82, 2.24) is 20.0 Å². The first kappa shape index (κ1) is 19.1. The minimum absolute atomic E-state index is 0.252. The Kier molecular flexibility index (Phi) is 6.83. The van der Waals surface area contributed by atoms with Crippen LogP contribution >= 0.6 is 0 Å². The zero-order chi connectivity index (χ0) is 18.4. The van der Waals surface area contributed by atoms with Crippen LogP contribution in [0.5, 0.6) is 0 Å². The SMILES string of the molecule is CC(C)c1cc(CN2CCN(CCc3ccccc3)C(CCO)C2)[nH]n1. The van der Waals surface area contributed by atoms with E-state index < -0.39 is 0 Å². The number of piperazine rings is 1. The van der Waals surface area contributed by atoms with E-state index in [1.807, 2.05) is 0 Å². The van der Waals surface area contributed by atoms with Gasteiger partial charge in [0.05, 0.1) is 5.69 Å². The molecule has 0 spiro atoms. The Morgan fingerprint density at radius 2 is 2.04 bits per heavy atom. The van der Waals surface area contributed by atoms with Gasteiger partial charge in [-0.3, -0.25) is 14.9 Å². The molecule has 5 heteroatoms. The minimum Gasteiger partial charge on any atom is -0.396 e. The first-order valence-corrected chi connectivity index (χ1v) is 9.81. The molecule has 3 rings (SSSR count). The summed E-state index contributed by atoms with van der Waals surface area (Å²) in [6.07, 6.45) is 1.91. The highest BCUT2D eigenvalue weighted by atomic mass is 16.3. The van der Waals surface area contributed by atoms with Crippen molar-refractivity contribution in [2.45, 2.75) is 45.2 Å². The van der Waals surface area contributed by atoms with Crippen LogP contribution in [0.1, 0.15) is 43.1 Å². The summed E-state index contributed by atoms with van der Waals surface area (Å²) in [4.78, 5) is 5.03. The summed E-state index contributed by atoms with van der Waals surface area (Å²) >= 11 is 0. The number of hydrogen-bond acceptors (Lipinski definition) is 4. The Morgan fingerprint density at radius 3 is 2.73 bits per heavy atom. The van der Waals surface area contributed by atoms with Crippen molar-refractivity contribution < 1.29 is 5.11 Å². The fourth-order valence-corrected chi connectivity index (χ4v) is 3.73. The molecule has 0 saturated carbocycles. The number of nitrogens with one attached hydrogen (secondary N) is 1. The van der Waals surface area contributed by atoms with Gasteiger partial charge in [0.2, 0.25) is 0 Å². The molecule has 0 amide bonds. The Labute approximate surface area is 157 Å². The highest BCUT2D eigenvalue weighted by Gasteiger charge is 2.26. The van der Waals surface area contributed by atoms with Crippen molar-refractivity contribution in [3.05, 3.63) is 53.3 Å². The van der Waals surface area contributed by atoms with Crippen LogP contribution < -0.4 is 0 Å². The molecule has 1 unspecified atom stereocenters. The van der Waals surface area contributed by atoms with Crippen LogP contribution in [-0.4, -0.2) is 63.9 Å². The van der Waals surface area contributed by atoms with Crippen LogP contribution in [0.25, 0.3) is 0 Å². The van der Waals surface area contributed by atoms with Gasteiger partial charge in [0.1, 0.15) is 0 Å². The maximum Gasteiger partial charge on any atom is 0.0650 e. The molecular formula is C21H32N4O. The van der Waals surface area contributed by atoms with Crippen LogP contribution in [0.2, 0.25) is 0 Å². The summed E-state index contributed by atoms with van der Waals surface area (Å²) < 4.78 is 0. The van der Waals surface area contributed by atoms with Crippen molar-refractivity contribution >= 4 is 0 Å². The molecule has 1 aromatic carbocycles. The summed E-state index contributed by atoms with van der Waals surface area (Å²) in [5.74, 6) is 0.456. The molecule has 26 heavy (non-hydrogen) atoms. The Bertz CT molecular complexity index is 655. The number of aliphatic hydroxyl groups excluding tert-OH is 1. The second-order valence-corrected chi connectivity index (χ2v) is 7.65. The highest BCUT2D eigenvalue weighted by Crippen LogP contribution is 2.18. The summed E-state index contributed by atoms with van der Waals surface area (Å²) in [5.41, 5.74) is 3.71. The molecule has 1 fully saturated rings. The van der Waals surface area contributed by atoms with Crippen LogP contribution in [0.3, 0.4) is 0 Å². The third-order valence-corrected chi connectivity index (χ3v) is 5.32. The van der Waals surface area contributed by atoms with Crippen molar-refractivity contribution in [1.29, 1.82) is 0 Å². The normalized spacial score (nSPS) is 19.3. The number of benzene rings is 1. The van der Waals surface area contributed by atoms with Gasteiger partial charge in [-0.25, -0.2) is 0 Å². The zero-order valence-electron chi connectivity index (χ0n) is 16.1. The second kappa shape index (κ2) is 9.31. The van der Waals surface area contributed by atoms with Crippen LogP contribution in [0.4, 0.5) is 0 Å². The van der Waals surface area contributed by atoms with Gasteiger partial charge in [0, 0.05) is 51.1 Å². The first-order valence-electron chi connectivity index (χ1n) is 9.81. The van der Waals surface area contributed by atoms with Gasteiger partial charge in [-0.15, -0.1) is 0 Å². The van der Waals surface area contributed by atoms with Crippen LogP contribution in [0.15, 0.2) is 36.4 Å². The summed E-state index contributed by atoms with van der Waals surface area (Å²) in [6.45, 7) is 9.69. The number of rotatable bonds is 8. The van der Waals surface area contributed by atoms with E-state index in [0.29, 0.717) is 12.0 Å². The molecule has 0 aliphatic carbocycles. The number of hydrogen-bond donors (Lipinski definition) is 2. The predicted molar refractivity (Wildman–Crippen MR) is 105 cm³/mol. The third kappa shape index (κ3) is 5.16. The molecule has 5 nitrogen and oxygen atoms in total. The lowest BCUT2D eigenvalue weighted by Crippen LogP contribution is -2.53. The monoisotopic (exact) mass is 356 g/mol. The maximum atomic E-state index is 9.50. The van der Waals surface area contributed by atoms with E-state index in [4.69, 9.17) is 0 Å². The quantitative estimate of drug-likeness (QED) is 0.763. The topological polar surface area (TPSA) is 55.4 Å². The molecule has 0 radical (unpaired) electrons. The smallest absolute Gasteiger partial charge is 0.0650 e. The van der Waals surface area contributed by atoms with Gasteiger partial charge in [-0.2, -0.15) is 5.10 Å². The fraction of sp³-hybridized carbons (Fsp3) is 0.571. The van der Waals surface area contributed by atoms with E-state index >= 15 is 0 Å². The summed E-state index contributed by atoms with van der Waals surface area (Å²) in [5, 5.41) is 17.1. The van der Waals surface area contributed by atoms with Gasteiger partial charge >= 0.3 is 0 Å². The van der Waals surface area contributed by atoms with E-state index in [1.165, 1.54) is 11.3 Å². The molecular weight excluding hydrogens is 324 g/mol. The predicted octanol–water partition coefficient (Wildman–Crippen LogP) is 2.64. The van der Waals surface area contributed by atoms with Gasteiger partial charge < -0.3 is 5.11 Å². The molecule has 2 N–H and O–H groups in total. The van der Waals surface area contributed by atoms with Crippen molar-refractivity contribution in [3.63, 3.8) is 0 Å². The molecule has 1 atom stereocenters. The number of aliphatic hydroxyl groups is 1. The number of aromatic nitrogens is 2. The van der Waals surface area contributed by atoms with E-state index in [2.05, 4.69) is 70.2 Å². The number of H-pyrrole nitrogens is 1.